The predicted octanol–water partition coefficient (Wildman–Crippen LogP) is 11.8. The van der Waals surface area contributed by atoms with E-state index in [1.807, 2.05) is 47.6 Å². The van der Waals surface area contributed by atoms with Gasteiger partial charge in [-0.15, -0.1) is 0 Å². The van der Waals surface area contributed by atoms with Gasteiger partial charge >= 0.3 is 0 Å². The highest BCUT2D eigenvalue weighted by Gasteiger charge is 2.27. The third kappa shape index (κ3) is 5.54. The molecule has 6 aromatic carbocycles. The average molecular weight is 654 g/mol. The first-order chi connectivity index (χ1) is 26.4. The van der Waals surface area contributed by atoms with Crippen LogP contribution in [0.15, 0.2) is 192 Å². The van der Waals surface area contributed by atoms with Crippen molar-refractivity contribution in [2.24, 2.45) is 0 Å². The number of rotatable bonds is 6. The zero-order chi connectivity index (χ0) is 36.9. The van der Waals surface area contributed by atoms with E-state index in [1.165, 1.54) is 0 Å². The number of hydrogen-bond donors (Lipinski definition) is 0. The zero-order valence-corrected chi connectivity index (χ0v) is 27.2. The highest BCUT2D eigenvalue weighted by molar-refractivity contribution is 7.99. The van der Waals surface area contributed by atoms with Crippen LogP contribution in [0.1, 0.15) is 6.85 Å². The molecular formula is C44H32N4S. The summed E-state index contributed by atoms with van der Waals surface area (Å²) in [6.45, 7) is 0.310. The summed E-state index contributed by atoms with van der Waals surface area (Å²) in [4.78, 5) is 12.9. The van der Waals surface area contributed by atoms with Crippen molar-refractivity contribution in [3.63, 3.8) is 0 Å². The first-order valence-electron chi connectivity index (χ1n) is 18.6. The number of fused-ring (bicyclic) bond motifs is 5. The summed E-state index contributed by atoms with van der Waals surface area (Å²) in [7, 11) is 0. The lowest BCUT2D eigenvalue weighted by Gasteiger charge is -2.27. The van der Waals surface area contributed by atoms with E-state index in [4.69, 9.17) is 11.8 Å². The Kier molecular flexibility index (Phi) is 6.18. The van der Waals surface area contributed by atoms with Crippen LogP contribution in [0.2, 0.25) is 0 Å². The summed E-state index contributed by atoms with van der Waals surface area (Å²) in [6.07, 6.45) is 5.46. The molecule has 0 unspecified atom stereocenters. The molecule has 3 heterocycles. The van der Waals surface area contributed by atoms with E-state index in [2.05, 4.69) is 108 Å². The fourth-order valence-corrected chi connectivity index (χ4v) is 7.45. The topological polar surface area (TPSA) is 22.6 Å². The molecule has 7 aromatic rings. The van der Waals surface area contributed by atoms with Crippen LogP contribution in [0.25, 0.3) is 33.4 Å². The highest BCUT2D eigenvalue weighted by Crippen LogP contribution is 2.52. The number of pyridine rings is 1. The van der Waals surface area contributed by atoms with Crippen LogP contribution < -0.4 is 14.7 Å². The summed E-state index contributed by atoms with van der Waals surface area (Å²) in [5.74, 6) is 0.828. The Morgan fingerprint density at radius 3 is 2.10 bits per heavy atom. The van der Waals surface area contributed by atoms with E-state index in [1.54, 1.807) is 22.9 Å². The Hall–Kier alpha value is -6.04. The molecule has 0 N–H and O–H groups in total. The lowest BCUT2D eigenvalue weighted by atomic mass is 9.92. The van der Waals surface area contributed by atoms with Crippen LogP contribution in [0.5, 0.6) is 0 Å². The minimum absolute atomic E-state index is 0.159. The average Bonchev–Trinajstić information content (AvgIpc) is 3.66. The number of hydrogen-bond acceptors (Lipinski definition) is 5. The van der Waals surface area contributed by atoms with Crippen molar-refractivity contribution in [3.8, 4) is 33.4 Å². The zero-order valence-electron chi connectivity index (χ0n) is 31.3. The van der Waals surface area contributed by atoms with Crippen molar-refractivity contribution in [1.82, 2.24) is 4.98 Å². The van der Waals surface area contributed by atoms with E-state index >= 15 is 0 Å². The van der Waals surface area contributed by atoms with E-state index in [0.717, 1.165) is 66.1 Å². The van der Waals surface area contributed by atoms with Gasteiger partial charge in [0.25, 0.3) is 0 Å². The van der Waals surface area contributed by atoms with E-state index in [-0.39, 0.29) is 29.9 Å². The van der Waals surface area contributed by atoms with Crippen molar-refractivity contribution < 1.29 is 6.85 Å². The van der Waals surface area contributed by atoms with Gasteiger partial charge in [-0.2, -0.15) is 0 Å². The molecule has 0 fully saturated rings. The molecule has 0 atom stereocenters. The SMILES string of the molecule is [2H]c1c([2H])c([2H])c(N2C=CN(c3cccc(Sc4ccc5c(c4)N(c4ccccn4)c4ccc(-c6ccccc6)cc4-c4ccccc4-5)c3)C2)c([2H])c1[2H]. The third-order valence-electron chi connectivity index (χ3n) is 8.83. The first-order valence-corrected chi connectivity index (χ1v) is 16.9. The Morgan fingerprint density at radius 2 is 1.29 bits per heavy atom. The molecule has 0 spiro atoms. The van der Waals surface area contributed by atoms with Crippen molar-refractivity contribution in [3.05, 3.63) is 182 Å². The van der Waals surface area contributed by atoms with Crippen molar-refractivity contribution in [1.29, 1.82) is 0 Å². The smallest absolute Gasteiger partial charge is 0.137 e. The molecule has 49 heavy (non-hydrogen) atoms. The molecule has 0 bridgehead atoms. The van der Waals surface area contributed by atoms with Crippen molar-refractivity contribution >= 4 is 40.3 Å². The van der Waals surface area contributed by atoms with Crippen LogP contribution in [-0.4, -0.2) is 11.7 Å². The van der Waals surface area contributed by atoms with Gasteiger partial charge in [-0.1, -0.05) is 109 Å². The van der Waals surface area contributed by atoms with Crippen LogP contribution in [0.4, 0.5) is 28.6 Å². The van der Waals surface area contributed by atoms with Crippen LogP contribution in [0.3, 0.4) is 0 Å². The van der Waals surface area contributed by atoms with Gasteiger partial charge in [-0.25, -0.2) is 4.98 Å². The van der Waals surface area contributed by atoms with Gasteiger partial charge in [-0.3, -0.25) is 4.90 Å². The molecule has 0 saturated heterocycles. The second kappa shape index (κ2) is 12.5. The Balaban J connectivity index is 1.08. The van der Waals surface area contributed by atoms with Gasteiger partial charge in [-0.05, 0) is 88.9 Å². The quantitative estimate of drug-likeness (QED) is 0.178. The fourth-order valence-electron chi connectivity index (χ4n) is 6.54. The Bertz CT molecular complexity index is 2570. The second-order valence-corrected chi connectivity index (χ2v) is 12.9. The second-order valence-electron chi connectivity index (χ2n) is 11.8. The third-order valence-corrected chi connectivity index (χ3v) is 9.81. The Morgan fingerprint density at radius 1 is 0.531 bits per heavy atom. The minimum Gasteiger partial charge on any atom is -0.328 e. The van der Waals surface area contributed by atoms with Crippen LogP contribution in [0, 0.1) is 0 Å². The molecule has 1 aromatic heterocycles. The molecule has 5 heteroatoms. The van der Waals surface area contributed by atoms with Gasteiger partial charge in [0, 0.05) is 50.9 Å². The van der Waals surface area contributed by atoms with Gasteiger partial charge in [0.1, 0.15) is 5.82 Å². The van der Waals surface area contributed by atoms with E-state index in [9.17, 15) is 0 Å². The maximum absolute atomic E-state index is 8.43. The first kappa shape index (κ1) is 24.2. The molecule has 9 rings (SSSR count). The van der Waals surface area contributed by atoms with Gasteiger partial charge < -0.3 is 9.80 Å². The summed E-state index contributed by atoms with van der Waals surface area (Å²) in [5, 5.41) is 0. The monoisotopic (exact) mass is 653 g/mol. The van der Waals surface area contributed by atoms with Crippen LogP contribution in [-0.2, 0) is 0 Å². The molecule has 0 aliphatic carbocycles. The number of nitrogens with zero attached hydrogens (tertiary/aromatic N) is 4. The lowest BCUT2D eigenvalue weighted by molar-refractivity contribution is 0.973. The Labute approximate surface area is 298 Å². The molecule has 2 aliphatic heterocycles. The van der Waals surface area contributed by atoms with Crippen molar-refractivity contribution in [2.75, 3.05) is 21.4 Å². The predicted molar refractivity (Wildman–Crippen MR) is 205 cm³/mol. The highest BCUT2D eigenvalue weighted by atomic mass is 32.2. The lowest BCUT2D eigenvalue weighted by Crippen LogP contribution is -2.24. The number of para-hydroxylation sites is 1. The maximum atomic E-state index is 8.43. The summed E-state index contributed by atoms with van der Waals surface area (Å²) < 4.78 is 41.0. The molecule has 0 radical (unpaired) electrons. The number of aromatic nitrogens is 1. The molecule has 4 nitrogen and oxygen atoms in total. The van der Waals surface area contributed by atoms with Gasteiger partial charge in [0.2, 0.25) is 0 Å². The van der Waals surface area contributed by atoms with E-state index < -0.39 is 6.04 Å². The molecule has 2 aliphatic rings. The number of anilines is 5. The normalized spacial score (nSPS) is 14.5. The standard InChI is InChI=1S/C44H32N4S/c1-3-12-32(13-4-1)33-21-24-42-41(28-33)39-19-8-7-18-38(39)40-23-22-37(30-43(40)48(42)44-20-9-10-25-45-44)49-36-17-11-16-35(29-36)47-27-26-46(31-47)34-14-5-2-6-15-34/h1-30H,31H2/i2D,5D,6D,14D,15D. The molecule has 0 saturated carbocycles. The summed E-state index contributed by atoms with van der Waals surface area (Å²) in [5.41, 5.74) is 10.0. The fraction of sp³-hybridized carbons (Fsp3) is 0.0227. The summed E-state index contributed by atoms with van der Waals surface area (Å²) in [6, 6.07) is 45.1. The minimum atomic E-state index is -0.398. The molecule has 0 amide bonds. The van der Waals surface area contributed by atoms with Crippen LogP contribution >= 0.6 is 11.8 Å². The van der Waals surface area contributed by atoms with Crippen molar-refractivity contribution in [2.45, 2.75) is 9.79 Å². The van der Waals surface area contributed by atoms with E-state index in [0.29, 0.717) is 6.67 Å². The number of benzene rings is 6. The molecule has 234 valence electrons. The summed E-state index contributed by atoms with van der Waals surface area (Å²) >= 11 is 1.67. The largest absolute Gasteiger partial charge is 0.328 e. The van der Waals surface area contributed by atoms with Gasteiger partial charge in [0.15, 0.2) is 0 Å². The molecular weight excluding hydrogens is 617 g/mol. The maximum Gasteiger partial charge on any atom is 0.137 e. The van der Waals surface area contributed by atoms with Gasteiger partial charge in [0.05, 0.1) is 24.9 Å².